The van der Waals surface area contributed by atoms with Gasteiger partial charge in [0.25, 0.3) is 0 Å². The first kappa shape index (κ1) is 35.5. The second kappa shape index (κ2) is 24.3. The van der Waals surface area contributed by atoms with E-state index in [-0.39, 0.29) is 130 Å². The minimum atomic E-state index is 0. The van der Waals surface area contributed by atoms with Gasteiger partial charge in [-0.2, -0.15) is 0 Å². The van der Waals surface area contributed by atoms with Crippen molar-refractivity contribution in [2.75, 3.05) is 0 Å². The molecule has 0 radical (unpaired) electrons. The van der Waals surface area contributed by atoms with E-state index in [4.69, 9.17) is 0 Å². The van der Waals surface area contributed by atoms with E-state index in [1.807, 2.05) is 0 Å². The first-order valence-electron chi connectivity index (χ1n) is 0. The zero-order valence-electron chi connectivity index (χ0n) is 0.816. The maximum absolute atomic E-state index is 0. The third-order valence-electron chi connectivity index (χ3n) is 0. The Hall–Kier alpha value is 4.10. The van der Waals surface area contributed by atoms with Crippen LogP contribution < -0.4 is 0 Å². The van der Waals surface area contributed by atoms with E-state index in [1.54, 1.807) is 0 Å². The van der Waals surface area contributed by atoms with Crippen LogP contribution in [0.25, 0.3) is 0 Å². The van der Waals surface area contributed by atoms with Gasteiger partial charge >= 0.3 is 105 Å². The molecule has 0 saturated carbocycles. The van der Waals surface area contributed by atoms with Gasteiger partial charge in [0.15, 0.2) is 0 Å². The van der Waals surface area contributed by atoms with Crippen LogP contribution in [0, 0.1) is 0 Å². The fourth-order valence-corrected chi connectivity index (χ4v) is 0. The van der Waals surface area contributed by atoms with Gasteiger partial charge in [-0.15, -0.1) is 24.8 Å². The molecule has 26 valence electrons. The van der Waals surface area contributed by atoms with Crippen molar-refractivity contribution in [3.63, 3.8) is 0 Å². The molecule has 0 saturated heterocycles. The number of hydrogen-bond acceptors (Lipinski definition) is 0. The van der Waals surface area contributed by atoms with Gasteiger partial charge in [-0.1, -0.05) is 0 Å². The van der Waals surface area contributed by atoms with Gasteiger partial charge in [-0.05, 0) is 0 Å². The van der Waals surface area contributed by atoms with Crippen LogP contribution >= 0.6 is 24.8 Å². The zero-order chi connectivity index (χ0) is 0. The molecule has 0 unspecified atom stereocenters. The summed E-state index contributed by atoms with van der Waals surface area (Å²) in [6.45, 7) is 0. The van der Waals surface area contributed by atoms with E-state index in [0.717, 1.165) is 0 Å². The average molecular weight is 181 g/mol. The fraction of sp³-hybridized carbons (Fsp3) is 0. The molecule has 0 aliphatic carbocycles. The molecule has 0 aromatic rings. The molecule has 0 fully saturated rings. The SMILES string of the molecule is Cl.Cl.[CaH2].[CaH2].[NaH]. The Morgan fingerprint density at radius 1 is 0.600 bits per heavy atom. The summed E-state index contributed by atoms with van der Waals surface area (Å²) in [5, 5.41) is 0. The van der Waals surface area contributed by atoms with Crippen molar-refractivity contribution in [2.24, 2.45) is 0 Å². The summed E-state index contributed by atoms with van der Waals surface area (Å²) < 4.78 is 0. The van der Waals surface area contributed by atoms with Crippen LogP contribution in [0.2, 0.25) is 0 Å². The van der Waals surface area contributed by atoms with Gasteiger partial charge in [0.05, 0.1) is 0 Å². The monoisotopic (exact) mass is 180 g/mol. The Morgan fingerprint density at radius 3 is 0.600 bits per heavy atom. The number of hydrogen-bond donors (Lipinski definition) is 0. The summed E-state index contributed by atoms with van der Waals surface area (Å²) in [7, 11) is 0. The summed E-state index contributed by atoms with van der Waals surface area (Å²) in [5.41, 5.74) is 0. The van der Waals surface area contributed by atoms with Crippen LogP contribution in [0.15, 0.2) is 0 Å². The van der Waals surface area contributed by atoms with E-state index in [2.05, 4.69) is 0 Å². The van der Waals surface area contributed by atoms with E-state index < -0.39 is 0 Å². The van der Waals surface area contributed by atoms with Gasteiger partial charge in [0.2, 0.25) is 0 Å². The van der Waals surface area contributed by atoms with E-state index in [0.29, 0.717) is 0 Å². The quantitative estimate of drug-likeness (QED) is 0.393. The van der Waals surface area contributed by atoms with Crippen LogP contribution in [-0.4, -0.2) is 105 Å². The van der Waals surface area contributed by atoms with E-state index in [9.17, 15) is 0 Å². The first-order chi connectivity index (χ1) is 0. The van der Waals surface area contributed by atoms with E-state index >= 15 is 0 Å². The Balaban J connectivity index is 0. The third kappa shape index (κ3) is 17.9. The molecule has 0 aliphatic heterocycles. The van der Waals surface area contributed by atoms with Crippen molar-refractivity contribution >= 4 is 130 Å². The summed E-state index contributed by atoms with van der Waals surface area (Å²) in [5.74, 6) is 0. The topological polar surface area (TPSA) is 0 Å². The van der Waals surface area contributed by atoms with E-state index in [1.165, 1.54) is 0 Å². The van der Waals surface area contributed by atoms with Gasteiger partial charge in [0, 0.05) is 0 Å². The molecule has 0 bridgehead atoms. The number of halogens is 2. The second-order valence-electron chi connectivity index (χ2n) is 0. The summed E-state index contributed by atoms with van der Waals surface area (Å²) >= 11 is 0. The van der Waals surface area contributed by atoms with Crippen molar-refractivity contribution in [2.45, 2.75) is 0 Å². The fourth-order valence-electron chi connectivity index (χ4n) is 0. The molecule has 0 heterocycles. The molecule has 0 aliphatic rings. The summed E-state index contributed by atoms with van der Waals surface area (Å²) in [6, 6.07) is 0. The maximum atomic E-state index is 0. The molecule has 5 heteroatoms. The first-order valence-corrected chi connectivity index (χ1v) is 0. The van der Waals surface area contributed by atoms with Crippen molar-refractivity contribution in [1.82, 2.24) is 0 Å². The van der Waals surface area contributed by atoms with Crippen molar-refractivity contribution < 1.29 is 0 Å². The second-order valence-corrected chi connectivity index (χ2v) is 0. The van der Waals surface area contributed by atoms with Gasteiger partial charge in [0.1, 0.15) is 0 Å². The van der Waals surface area contributed by atoms with Gasteiger partial charge in [-0.25, -0.2) is 0 Å². The normalized spacial score (nSPS) is 0. The molecule has 5 heavy (non-hydrogen) atoms. The van der Waals surface area contributed by atoms with Crippen LogP contribution in [0.3, 0.4) is 0 Å². The van der Waals surface area contributed by atoms with Crippen molar-refractivity contribution in [3.8, 4) is 0 Å². The summed E-state index contributed by atoms with van der Waals surface area (Å²) in [6.07, 6.45) is 0. The molecule has 0 aromatic carbocycles. The molecular weight excluding hydrogens is 174 g/mol. The zero-order valence-corrected chi connectivity index (χ0v) is 2.45. The molecule has 0 rings (SSSR count). The Bertz CT molecular complexity index is 7.61. The average Bonchev–Trinajstić information content (AvgIpc) is 0. The standard InChI is InChI=1S/2Ca.2ClH.Na.5H/h;;2*1H;;;;;;. The van der Waals surface area contributed by atoms with Crippen LogP contribution in [0.4, 0.5) is 0 Å². The molecule has 0 atom stereocenters. The molecule has 0 N–H and O–H groups in total. The molecule has 0 spiro atoms. The Labute approximate surface area is 126 Å². The van der Waals surface area contributed by atoms with Crippen molar-refractivity contribution in [1.29, 1.82) is 0 Å². The predicted octanol–water partition coefficient (Wildman–Crippen LogP) is -1.64. The van der Waals surface area contributed by atoms with Gasteiger partial charge < -0.3 is 0 Å². The predicted molar refractivity (Wildman–Crippen MR) is 38.7 cm³/mol. The molecular formula is H7Ca2Cl2Na. The Kier molecular flexibility index (Phi) is 173. The molecule has 0 nitrogen and oxygen atoms in total. The number of rotatable bonds is 0. The minimum absolute atomic E-state index is 0. The molecule has 0 aromatic heterocycles. The summed E-state index contributed by atoms with van der Waals surface area (Å²) in [4.78, 5) is 0. The van der Waals surface area contributed by atoms with Crippen LogP contribution in [0.1, 0.15) is 0 Å². The van der Waals surface area contributed by atoms with Crippen LogP contribution in [-0.2, 0) is 0 Å². The Morgan fingerprint density at radius 2 is 0.600 bits per heavy atom. The van der Waals surface area contributed by atoms with Gasteiger partial charge in [-0.3, -0.25) is 0 Å². The molecule has 0 amide bonds. The van der Waals surface area contributed by atoms with Crippen LogP contribution in [0.5, 0.6) is 0 Å². The third-order valence-corrected chi connectivity index (χ3v) is 0. The van der Waals surface area contributed by atoms with Crippen molar-refractivity contribution in [3.05, 3.63) is 0 Å².